The SMILES string of the molecule is CC(C)N(CC(C)(N)CO)C(=O)OC(C)(C)C. The molecule has 0 aromatic heterocycles. The Morgan fingerprint density at radius 3 is 2.12 bits per heavy atom. The van der Waals surface area contributed by atoms with Crippen LogP contribution in [0.4, 0.5) is 4.79 Å². The van der Waals surface area contributed by atoms with Crippen LogP contribution in [0.5, 0.6) is 0 Å². The third kappa shape index (κ3) is 6.48. The molecule has 102 valence electrons. The molecule has 0 rings (SSSR count). The summed E-state index contributed by atoms with van der Waals surface area (Å²) < 4.78 is 5.30. The van der Waals surface area contributed by atoms with Crippen molar-refractivity contribution in [1.82, 2.24) is 4.90 Å². The van der Waals surface area contributed by atoms with E-state index in [-0.39, 0.29) is 19.2 Å². The lowest BCUT2D eigenvalue weighted by molar-refractivity contribution is 0.0120. The summed E-state index contributed by atoms with van der Waals surface area (Å²) >= 11 is 0. The molecule has 0 spiro atoms. The van der Waals surface area contributed by atoms with Gasteiger partial charge >= 0.3 is 6.09 Å². The number of carbonyl (C=O) groups is 1. The van der Waals surface area contributed by atoms with E-state index in [1.54, 1.807) is 6.92 Å². The molecule has 0 radical (unpaired) electrons. The van der Waals surface area contributed by atoms with Crippen LogP contribution in [0, 0.1) is 0 Å². The fourth-order valence-corrected chi connectivity index (χ4v) is 1.22. The highest BCUT2D eigenvalue weighted by atomic mass is 16.6. The molecule has 17 heavy (non-hydrogen) atoms. The molecule has 0 aliphatic rings. The third-order valence-corrected chi connectivity index (χ3v) is 2.14. The highest BCUT2D eigenvalue weighted by Gasteiger charge is 2.29. The predicted molar refractivity (Wildman–Crippen MR) is 67.8 cm³/mol. The minimum atomic E-state index is -0.818. The van der Waals surface area contributed by atoms with Crippen molar-refractivity contribution in [2.24, 2.45) is 5.73 Å². The van der Waals surface area contributed by atoms with E-state index < -0.39 is 17.2 Å². The van der Waals surface area contributed by atoms with Crippen LogP contribution in [-0.2, 0) is 4.74 Å². The number of hydrogen-bond acceptors (Lipinski definition) is 4. The maximum atomic E-state index is 12.0. The van der Waals surface area contributed by atoms with E-state index in [1.807, 2.05) is 34.6 Å². The molecule has 1 atom stereocenters. The van der Waals surface area contributed by atoms with Gasteiger partial charge < -0.3 is 20.5 Å². The quantitative estimate of drug-likeness (QED) is 0.785. The van der Waals surface area contributed by atoms with E-state index in [2.05, 4.69) is 0 Å². The zero-order valence-electron chi connectivity index (χ0n) is 11.8. The maximum Gasteiger partial charge on any atom is 0.410 e. The largest absolute Gasteiger partial charge is 0.444 e. The second-order valence-corrected chi connectivity index (χ2v) is 6.01. The summed E-state index contributed by atoms with van der Waals surface area (Å²) in [5.74, 6) is 0. The van der Waals surface area contributed by atoms with Gasteiger partial charge in [-0.25, -0.2) is 4.79 Å². The summed E-state index contributed by atoms with van der Waals surface area (Å²) in [5, 5.41) is 9.14. The van der Waals surface area contributed by atoms with Crippen molar-refractivity contribution in [1.29, 1.82) is 0 Å². The number of amides is 1. The summed E-state index contributed by atoms with van der Waals surface area (Å²) in [5.41, 5.74) is 4.51. The summed E-state index contributed by atoms with van der Waals surface area (Å²) in [6, 6.07) is -0.0284. The first-order valence-corrected chi connectivity index (χ1v) is 5.88. The summed E-state index contributed by atoms with van der Waals surface area (Å²) in [7, 11) is 0. The number of aliphatic hydroxyl groups is 1. The third-order valence-electron chi connectivity index (χ3n) is 2.14. The molecular formula is C12H26N2O3. The van der Waals surface area contributed by atoms with Crippen LogP contribution in [0.3, 0.4) is 0 Å². The van der Waals surface area contributed by atoms with Crippen molar-refractivity contribution in [3.8, 4) is 0 Å². The standard InChI is InChI=1S/C12H26N2O3/c1-9(2)14(7-12(6,13)8-15)10(16)17-11(3,4)5/h9,15H,7-8,13H2,1-6H3. The highest BCUT2D eigenvalue weighted by Crippen LogP contribution is 2.14. The predicted octanol–water partition coefficient (Wildman–Crippen LogP) is 1.34. The lowest BCUT2D eigenvalue weighted by atomic mass is 10.0. The molecule has 5 heteroatoms. The molecule has 1 amide bonds. The fraction of sp³-hybridized carbons (Fsp3) is 0.917. The molecule has 0 aliphatic carbocycles. The zero-order chi connectivity index (χ0) is 13.9. The van der Waals surface area contributed by atoms with Crippen molar-refractivity contribution >= 4 is 6.09 Å². The smallest absolute Gasteiger partial charge is 0.410 e. The Morgan fingerprint density at radius 1 is 1.35 bits per heavy atom. The van der Waals surface area contributed by atoms with Gasteiger partial charge in [-0.1, -0.05) is 0 Å². The van der Waals surface area contributed by atoms with Gasteiger partial charge in [-0.15, -0.1) is 0 Å². The minimum absolute atomic E-state index is 0.0284. The van der Waals surface area contributed by atoms with Crippen LogP contribution in [0.25, 0.3) is 0 Å². The van der Waals surface area contributed by atoms with E-state index in [1.165, 1.54) is 4.90 Å². The molecule has 0 bridgehead atoms. The molecule has 1 unspecified atom stereocenters. The average Bonchev–Trinajstić information content (AvgIpc) is 2.11. The molecule has 0 aliphatic heterocycles. The number of rotatable bonds is 4. The molecule has 0 fully saturated rings. The molecule has 0 aromatic carbocycles. The van der Waals surface area contributed by atoms with E-state index in [9.17, 15) is 4.79 Å². The molecule has 0 saturated heterocycles. The normalized spacial score (nSPS) is 15.6. The van der Waals surface area contributed by atoms with Crippen molar-refractivity contribution in [2.75, 3.05) is 13.2 Å². The minimum Gasteiger partial charge on any atom is -0.444 e. The lowest BCUT2D eigenvalue weighted by Crippen LogP contribution is -2.54. The second kappa shape index (κ2) is 5.69. The Bertz CT molecular complexity index is 257. The van der Waals surface area contributed by atoms with Crippen LogP contribution >= 0.6 is 0 Å². The summed E-state index contributed by atoms with van der Waals surface area (Å²) in [6.45, 7) is 11.0. The van der Waals surface area contributed by atoms with Crippen LogP contribution in [0.1, 0.15) is 41.5 Å². The number of ether oxygens (including phenoxy) is 1. The van der Waals surface area contributed by atoms with Gasteiger partial charge in [0.1, 0.15) is 5.60 Å². The van der Waals surface area contributed by atoms with E-state index in [0.717, 1.165) is 0 Å². The number of carbonyl (C=O) groups excluding carboxylic acids is 1. The van der Waals surface area contributed by atoms with Gasteiger partial charge in [0.25, 0.3) is 0 Å². The van der Waals surface area contributed by atoms with Crippen molar-refractivity contribution in [2.45, 2.75) is 58.7 Å². The first-order chi connectivity index (χ1) is 7.48. The summed E-state index contributed by atoms with van der Waals surface area (Å²) in [4.78, 5) is 13.5. The number of nitrogens with zero attached hydrogens (tertiary/aromatic N) is 1. The fourth-order valence-electron chi connectivity index (χ4n) is 1.22. The van der Waals surface area contributed by atoms with E-state index in [4.69, 9.17) is 15.6 Å². The average molecular weight is 246 g/mol. The van der Waals surface area contributed by atoms with Gasteiger partial charge in [0.05, 0.1) is 12.1 Å². The summed E-state index contributed by atoms with van der Waals surface area (Å²) in [6.07, 6.45) is -0.405. The van der Waals surface area contributed by atoms with E-state index in [0.29, 0.717) is 0 Å². The first-order valence-electron chi connectivity index (χ1n) is 5.88. The zero-order valence-corrected chi connectivity index (χ0v) is 11.8. The van der Waals surface area contributed by atoms with Crippen LogP contribution in [0.15, 0.2) is 0 Å². The molecule has 0 aromatic rings. The van der Waals surface area contributed by atoms with Crippen LogP contribution < -0.4 is 5.73 Å². The molecule has 3 N–H and O–H groups in total. The number of nitrogens with two attached hydrogens (primary N) is 1. The molecule has 5 nitrogen and oxygen atoms in total. The first kappa shape index (κ1) is 16.2. The van der Waals surface area contributed by atoms with Crippen molar-refractivity contribution < 1.29 is 14.6 Å². The molecule has 0 saturated carbocycles. The monoisotopic (exact) mass is 246 g/mol. The number of hydrogen-bond donors (Lipinski definition) is 2. The second-order valence-electron chi connectivity index (χ2n) is 6.01. The number of aliphatic hydroxyl groups excluding tert-OH is 1. The topological polar surface area (TPSA) is 75.8 Å². The van der Waals surface area contributed by atoms with Crippen LogP contribution in [-0.4, -0.2) is 46.4 Å². The van der Waals surface area contributed by atoms with Gasteiger partial charge in [-0.3, -0.25) is 0 Å². The van der Waals surface area contributed by atoms with Gasteiger partial charge in [0.2, 0.25) is 0 Å². The Labute approximate surface area is 104 Å². The van der Waals surface area contributed by atoms with E-state index >= 15 is 0 Å². The Morgan fingerprint density at radius 2 is 1.82 bits per heavy atom. The Kier molecular flexibility index (Phi) is 5.42. The molecule has 0 heterocycles. The van der Waals surface area contributed by atoms with Gasteiger partial charge in [-0.2, -0.15) is 0 Å². The van der Waals surface area contributed by atoms with Crippen LogP contribution in [0.2, 0.25) is 0 Å². The Hall–Kier alpha value is -0.810. The highest BCUT2D eigenvalue weighted by molar-refractivity contribution is 5.68. The van der Waals surface area contributed by atoms with Crippen molar-refractivity contribution in [3.63, 3.8) is 0 Å². The van der Waals surface area contributed by atoms with Gasteiger partial charge in [-0.05, 0) is 41.5 Å². The molecular weight excluding hydrogens is 220 g/mol. The van der Waals surface area contributed by atoms with Gasteiger partial charge in [0, 0.05) is 12.6 Å². The maximum absolute atomic E-state index is 12.0. The van der Waals surface area contributed by atoms with Gasteiger partial charge in [0.15, 0.2) is 0 Å². The Balaban J connectivity index is 4.70. The van der Waals surface area contributed by atoms with Crippen molar-refractivity contribution in [3.05, 3.63) is 0 Å². The lowest BCUT2D eigenvalue weighted by Gasteiger charge is -2.35.